The molecular formula is C27H41NO6. The summed E-state index contributed by atoms with van der Waals surface area (Å²) >= 11 is 0. The van der Waals surface area contributed by atoms with Gasteiger partial charge in [0.05, 0.1) is 30.0 Å². The number of ether oxygens (including phenoxy) is 1. The lowest BCUT2D eigenvalue weighted by Gasteiger charge is -2.65. The third-order valence-electron chi connectivity index (χ3n) is 10.8. The molecule has 190 valence electrons. The van der Waals surface area contributed by atoms with E-state index in [4.69, 9.17) is 9.73 Å². The van der Waals surface area contributed by atoms with Gasteiger partial charge in [-0.05, 0) is 81.1 Å². The predicted octanol–water partition coefficient (Wildman–Crippen LogP) is 2.54. The molecule has 0 spiro atoms. The van der Waals surface area contributed by atoms with E-state index in [1.807, 2.05) is 13.1 Å². The first-order valence-corrected chi connectivity index (χ1v) is 13.3. The fourth-order valence-corrected chi connectivity index (χ4v) is 8.88. The molecule has 0 bridgehead atoms. The van der Waals surface area contributed by atoms with Crippen LogP contribution in [0.1, 0.15) is 78.1 Å². The quantitative estimate of drug-likeness (QED) is 0.358. The minimum absolute atomic E-state index is 0.0195. The van der Waals surface area contributed by atoms with Gasteiger partial charge in [-0.15, -0.1) is 0 Å². The minimum Gasteiger partial charge on any atom is -0.458 e. The highest BCUT2D eigenvalue weighted by molar-refractivity contribution is 5.85. The summed E-state index contributed by atoms with van der Waals surface area (Å²) in [4.78, 5) is 16.5. The number of rotatable bonds is 5. The van der Waals surface area contributed by atoms with Crippen LogP contribution in [-0.4, -0.2) is 69.2 Å². The molecule has 5 rings (SSSR count). The van der Waals surface area contributed by atoms with E-state index in [2.05, 4.69) is 6.92 Å². The smallest absolute Gasteiger partial charge is 0.331 e. The third kappa shape index (κ3) is 3.30. The first kappa shape index (κ1) is 24.4. The Morgan fingerprint density at radius 1 is 1.15 bits per heavy atom. The average molecular weight is 476 g/mol. The van der Waals surface area contributed by atoms with Crippen molar-refractivity contribution in [3.8, 4) is 0 Å². The van der Waals surface area contributed by atoms with Gasteiger partial charge in [0.2, 0.25) is 0 Å². The van der Waals surface area contributed by atoms with E-state index in [0.717, 1.165) is 31.3 Å². The van der Waals surface area contributed by atoms with Crippen molar-refractivity contribution in [1.29, 1.82) is 0 Å². The van der Waals surface area contributed by atoms with Gasteiger partial charge in [0.1, 0.15) is 6.61 Å². The number of aliphatic hydroxyl groups is 4. The molecule has 1 aliphatic heterocycles. The molecule has 4 N–H and O–H groups in total. The van der Waals surface area contributed by atoms with Crippen molar-refractivity contribution < 1.29 is 30.0 Å². The van der Waals surface area contributed by atoms with Crippen molar-refractivity contribution in [2.75, 3.05) is 13.2 Å². The first-order chi connectivity index (χ1) is 16.1. The Bertz CT molecular complexity index is 884. The number of carbonyl (C=O) groups is 1. The van der Waals surface area contributed by atoms with Gasteiger partial charge in [0.25, 0.3) is 0 Å². The highest BCUT2D eigenvalue weighted by Crippen LogP contribution is 2.70. The molecule has 0 saturated heterocycles. The zero-order valence-corrected chi connectivity index (χ0v) is 20.6. The van der Waals surface area contributed by atoms with E-state index in [-0.39, 0.29) is 41.8 Å². The molecule has 9 atom stereocenters. The summed E-state index contributed by atoms with van der Waals surface area (Å²) in [6, 6.07) is -0.203. The number of cyclic esters (lactones) is 1. The molecule has 0 unspecified atom stereocenters. The van der Waals surface area contributed by atoms with Gasteiger partial charge < -0.3 is 25.2 Å². The van der Waals surface area contributed by atoms with Crippen molar-refractivity contribution in [1.82, 2.24) is 0 Å². The molecule has 1 heterocycles. The summed E-state index contributed by atoms with van der Waals surface area (Å²) in [5.74, 6) is -0.0740. The normalized spacial score (nSPS) is 49.2. The predicted molar refractivity (Wildman–Crippen MR) is 127 cm³/mol. The number of esters is 1. The summed E-state index contributed by atoms with van der Waals surface area (Å²) < 4.78 is 5.22. The number of aliphatic imine (C=N–C) groups is 1. The Balaban J connectivity index is 1.53. The van der Waals surface area contributed by atoms with Crippen molar-refractivity contribution in [3.05, 3.63) is 11.6 Å². The molecule has 4 aliphatic carbocycles. The second-order valence-corrected chi connectivity index (χ2v) is 12.0. The molecule has 0 aromatic heterocycles. The van der Waals surface area contributed by atoms with Gasteiger partial charge in [-0.1, -0.05) is 13.8 Å². The molecule has 0 amide bonds. The van der Waals surface area contributed by atoms with E-state index in [1.165, 1.54) is 0 Å². The van der Waals surface area contributed by atoms with Crippen molar-refractivity contribution in [2.45, 2.75) is 101 Å². The van der Waals surface area contributed by atoms with Crippen molar-refractivity contribution in [2.24, 2.45) is 33.6 Å². The molecule has 0 radical (unpaired) electrons. The van der Waals surface area contributed by atoms with E-state index in [9.17, 15) is 25.2 Å². The SMILES string of the molecule is CC[C@H](CO)N=C[C@]12CC[C@@H](O)C[C@]1(O)CC[C@@H]1[C@@H]2CC[C@]2(C)[C@@H](C3=CC(=O)OC3)CC[C@@]12O. The number of nitrogens with zero attached hydrogens (tertiary/aromatic N) is 1. The van der Waals surface area contributed by atoms with Gasteiger partial charge in [-0.3, -0.25) is 4.99 Å². The molecule has 7 heteroatoms. The maximum absolute atomic E-state index is 12.4. The highest BCUT2D eigenvalue weighted by atomic mass is 16.5. The maximum atomic E-state index is 12.4. The number of carbonyl (C=O) groups excluding carboxylic acids is 1. The zero-order valence-electron chi connectivity index (χ0n) is 20.6. The van der Waals surface area contributed by atoms with Gasteiger partial charge in [-0.25, -0.2) is 4.79 Å². The average Bonchev–Trinajstić information content (AvgIpc) is 3.34. The highest BCUT2D eigenvalue weighted by Gasteiger charge is 2.71. The van der Waals surface area contributed by atoms with Crippen LogP contribution in [0.5, 0.6) is 0 Å². The van der Waals surface area contributed by atoms with Gasteiger partial charge in [0, 0.05) is 29.5 Å². The van der Waals surface area contributed by atoms with Crippen LogP contribution in [0.3, 0.4) is 0 Å². The Morgan fingerprint density at radius 3 is 2.59 bits per heavy atom. The molecule has 4 fully saturated rings. The summed E-state index contributed by atoms with van der Waals surface area (Å²) in [6.07, 6.45) is 9.79. The van der Waals surface area contributed by atoms with Gasteiger partial charge in [-0.2, -0.15) is 0 Å². The van der Waals surface area contributed by atoms with Crippen LogP contribution in [0.2, 0.25) is 0 Å². The Labute approximate surface area is 202 Å². The van der Waals surface area contributed by atoms with Crippen molar-refractivity contribution in [3.63, 3.8) is 0 Å². The monoisotopic (exact) mass is 475 g/mol. The third-order valence-corrected chi connectivity index (χ3v) is 10.8. The lowest BCUT2D eigenvalue weighted by atomic mass is 9.41. The number of hydrogen-bond donors (Lipinski definition) is 4. The van der Waals surface area contributed by atoms with Crippen molar-refractivity contribution >= 4 is 12.2 Å². The summed E-state index contributed by atoms with van der Waals surface area (Å²) in [5, 5.41) is 44.6. The van der Waals surface area contributed by atoms with Gasteiger partial charge >= 0.3 is 5.97 Å². The lowest BCUT2D eigenvalue weighted by molar-refractivity contribution is -0.237. The number of hydrogen-bond acceptors (Lipinski definition) is 7. The van der Waals surface area contributed by atoms with Crippen LogP contribution in [0.25, 0.3) is 0 Å². The molecule has 34 heavy (non-hydrogen) atoms. The summed E-state index contributed by atoms with van der Waals surface area (Å²) in [7, 11) is 0. The minimum atomic E-state index is -1.06. The topological polar surface area (TPSA) is 120 Å². The summed E-state index contributed by atoms with van der Waals surface area (Å²) in [6.45, 7) is 4.49. The zero-order chi connectivity index (χ0) is 24.4. The van der Waals surface area contributed by atoms with Crippen LogP contribution in [0.4, 0.5) is 0 Å². The number of fused-ring (bicyclic) bond motifs is 5. The van der Waals surface area contributed by atoms with E-state index in [1.54, 1.807) is 6.08 Å². The summed E-state index contributed by atoms with van der Waals surface area (Å²) in [5.41, 5.74) is -1.88. The molecule has 0 aromatic rings. The van der Waals surface area contributed by atoms with Crippen LogP contribution < -0.4 is 0 Å². The molecule has 5 aliphatic rings. The standard InChI is InChI=1S/C27H41NO6/c1-3-18(14-29)28-16-25-9-4-19(30)13-26(25,32)10-6-22-21(25)5-8-24(2)20(7-11-27(22,24)33)17-12-23(31)34-15-17/h12,16,18-22,29-30,32-33H,3-11,13-15H2,1-2H3/t18-,19-,20-,21+,22-,24-,25+,26-,27-/m1/s1. The lowest BCUT2D eigenvalue weighted by Crippen LogP contribution is -2.68. The van der Waals surface area contributed by atoms with Crippen LogP contribution >= 0.6 is 0 Å². The number of aliphatic hydroxyl groups excluding tert-OH is 2. The molecular weight excluding hydrogens is 434 g/mol. The molecule has 0 aromatic carbocycles. The Kier molecular flexibility index (Phi) is 6.03. The molecule has 4 saturated carbocycles. The Hall–Kier alpha value is -1.28. The fourth-order valence-electron chi connectivity index (χ4n) is 8.88. The van der Waals surface area contributed by atoms with E-state index >= 15 is 0 Å². The first-order valence-electron chi connectivity index (χ1n) is 13.3. The van der Waals surface area contributed by atoms with Crippen LogP contribution in [-0.2, 0) is 9.53 Å². The maximum Gasteiger partial charge on any atom is 0.331 e. The Morgan fingerprint density at radius 2 is 1.91 bits per heavy atom. The van der Waals surface area contributed by atoms with Crippen LogP contribution in [0.15, 0.2) is 16.6 Å². The second kappa shape index (κ2) is 8.39. The fraction of sp³-hybridized carbons (Fsp3) is 0.852. The van der Waals surface area contributed by atoms with Gasteiger partial charge in [0.15, 0.2) is 0 Å². The van der Waals surface area contributed by atoms with Crippen LogP contribution in [0, 0.1) is 28.6 Å². The molecule has 7 nitrogen and oxygen atoms in total. The largest absolute Gasteiger partial charge is 0.458 e. The van der Waals surface area contributed by atoms with E-state index in [0.29, 0.717) is 45.1 Å². The second-order valence-electron chi connectivity index (χ2n) is 12.0. The van der Waals surface area contributed by atoms with E-state index < -0.39 is 22.7 Å².